The highest BCUT2D eigenvalue weighted by atomic mass is 16.5. The second kappa shape index (κ2) is 9.72. The molecule has 1 aliphatic heterocycles. The number of aromatic nitrogens is 1. The second-order valence-corrected chi connectivity index (χ2v) is 7.65. The Morgan fingerprint density at radius 1 is 1.11 bits per heavy atom. The van der Waals surface area contributed by atoms with Crippen LogP contribution in [0, 0.1) is 5.92 Å². The van der Waals surface area contributed by atoms with Gasteiger partial charge in [0.05, 0.1) is 13.2 Å². The van der Waals surface area contributed by atoms with E-state index in [9.17, 15) is 4.79 Å². The zero-order valence-electron chi connectivity index (χ0n) is 16.4. The summed E-state index contributed by atoms with van der Waals surface area (Å²) in [7, 11) is 0. The summed E-state index contributed by atoms with van der Waals surface area (Å²) in [5.74, 6) is 0.592. The van der Waals surface area contributed by atoms with Crippen LogP contribution in [-0.2, 0) is 11.3 Å². The van der Waals surface area contributed by atoms with Gasteiger partial charge in [-0.25, -0.2) is 0 Å². The number of morpholine rings is 1. The predicted octanol–water partition coefficient (Wildman–Crippen LogP) is 3.01. The van der Waals surface area contributed by atoms with Crippen molar-refractivity contribution in [3.8, 4) is 0 Å². The van der Waals surface area contributed by atoms with Gasteiger partial charge < -0.3 is 14.6 Å². The molecule has 3 rings (SSSR count). The third kappa shape index (κ3) is 5.68. The Hall–Kier alpha value is -2.11. The molecule has 1 atom stereocenters. The van der Waals surface area contributed by atoms with Crippen molar-refractivity contribution in [2.45, 2.75) is 32.9 Å². The van der Waals surface area contributed by atoms with Gasteiger partial charge in [-0.2, -0.15) is 0 Å². The molecule has 5 heteroatoms. The van der Waals surface area contributed by atoms with E-state index in [2.05, 4.69) is 36.2 Å². The molecule has 5 nitrogen and oxygen atoms in total. The SMILES string of the molecule is CC(C)CC(CNC(=O)c1cccn1Cc1ccccc1)N1CCOCC1. The zero-order valence-corrected chi connectivity index (χ0v) is 16.4. The van der Waals surface area contributed by atoms with Gasteiger partial charge in [-0.15, -0.1) is 0 Å². The first-order valence-electron chi connectivity index (χ1n) is 9.92. The van der Waals surface area contributed by atoms with Crippen molar-refractivity contribution in [1.82, 2.24) is 14.8 Å². The zero-order chi connectivity index (χ0) is 19.1. The van der Waals surface area contributed by atoms with Gasteiger partial charge in [-0.05, 0) is 30.0 Å². The van der Waals surface area contributed by atoms with Gasteiger partial charge in [0.15, 0.2) is 0 Å². The maximum absolute atomic E-state index is 12.8. The van der Waals surface area contributed by atoms with Crippen LogP contribution in [0.15, 0.2) is 48.7 Å². The highest BCUT2D eigenvalue weighted by Crippen LogP contribution is 2.14. The average Bonchev–Trinajstić information content (AvgIpc) is 3.14. The molecular formula is C22H31N3O2. The number of rotatable bonds is 8. The lowest BCUT2D eigenvalue weighted by atomic mass is 10.0. The van der Waals surface area contributed by atoms with Gasteiger partial charge in [-0.3, -0.25) is 9.69 Å². The lowest BCUT2D eigenvalue weighted by molar-refractivity contribution is 0.0124. The van der Waals surface area contributed by atoms with E-state index in [4.69, 9.17) is 4.74 Å². The van der Waals surface area contributed by atoms with Gasteiger partial charge in [0, 0.05) is 38.4 Å². The summed E-state index contributed by atoms with van der Waals surface area (Å²) in [5, 5.41) is 3.17. The molecule has 2 aromatic rings. The van der Waals surface area contributed by atoms with Gasteiger partial charge in [0.2, 0.25) is 0 Å². The molecule has 1 fully saturated rings. The number of nitrogens with one attached hydrogen (secondary N) is 1. The average molecular weight is 370 g/mol. The molecule has 1 saturated heterocycles. The third-order valence-corrected chi connectivity index (χ3v) is 5.06. The van der Waals surface area contributed by atoms with E-state index in [1.807, 2.05) is 41.1 Å². The van der Waals surface area contributed by atoms with E-state index in [1.54, 1.807) is 0 Å². The number of amides is 1. The van der Waals surface area contributed by atoms with E-state index >= 15 is 0 Å². The van der Waals surface area contributed by atoms with Gasteiger partial charge in [-0.1, -0.05) is 44.2 Å². The number of carbonyl (C=O) groups is 1. The van der Waals surface area contributed by atoms with Crippen molar-refractivity contribution in [2.75, 3.05) is 32.8 Å². The van der Waals surface area contributed by atoms with E-state index in [0.29, 0.717) is 30.7 Å². The second-order valence-electron chi connectivity index (χ2n) is 7.65. The van der Waals surface area contributed by atoms with Crippen LogP contribution < -0.4 is 5.32 Å². The fourth-order valence-corrected chi connectivity index (χ4v) is 3.69. The van der Waals surface area contributed by atoms with Crippen LogP contribution in [0.2, 0.25) is 0 Å². The van der Waals surface area contributed by atoms with Crippen molar-refractivity contribution in [2.24, 2.45) is 5.92 Å². The third-order valence-electron chi connectivity index (χ3n) is 5.06. The van der Waals surface area contributed by atoms with Crippen molar-refractivity contribution in [1.29, 1.82) is 0 Å². The highest BCUT2D eigenvalue weighted by molar-refractivity contribution is 5.92. The summed E-state index contributed by atoms with van der Waals surface area (Å²) in [5.41, 5.74) is 1.90. The Kier molecular flexibility index (Phi) is 7.07. The number of nitrogens with zero attached hydrogens (tertiary/aromatic N) is 2. The maximum Gasteiger partial charge on any atom is 0.267 e. The number of ether oxygens (including phenoxy) is 1. The molecule has 1 aromatic heterocycles. The number of benzene rings is 1. The van der Waals surface area contributed by atoms with E-state index in [0.717, 1.165) is 32.7 Å². The van der Waals surface area contributed by atoms with Crippen molar-refractivity contribution >= 4 is 5.91 Å². The predicted molar refractivity (Wildman–Crippen MR) is 108 cm³/mol. The van der Waals surface area contributed by atoms with E-state index < -0.39 is 0 Å². The molecule has 0 saturated carbocycles. The van der Waals surface area contributed by atoms with Crippen LogP contribution in [0.3, 0.4) is 0 Å². The summed E-state index contributed by atoms with van der Waals surface area (Å²) < 4.78 is 7.49. The minimum atomic E-state index is -0.00190. The van der Waals surface area contributed by atoms with Crippen LogP contribution >= 0.6 is 0 Å². The fourth-order valence-electron chi connectivity index (χ4n) is 3.69. The Labute approximate surface area is 162 Å². The molecule has 1 amide bonds. The largest absolute Gasteiger partial charge is 0.379 e. The van der Waals surface area contributed by atoms with Gasteiger partial charge >= 0.3 is 0 Å². The Bertz CT molecular complexity index is 705. The summed E-state index contributed by atoms with van der Waals surface area (Å²) >= 11 is 0. The molecule has 0 radical (unpaired) electrons. The summed E-state index contributed by atoms with van der Waals surface area (Å²) in [6.07, 6.45) is 3.04. The summed E-state index contributed by atoms with van der Waals surface area (Å²) in [4.78, 5) is 15.3. The molecule has 0 bridgehead atoms. The van der Waals surface area contributed by atoms with Crippen molar-refractivity contribution in [3.05, 3.63) is 59.9 Å². The fraction of sp³-hybridized carbons (Fsp3) is 0.500. The Balaban J connectivity index is 1.61. The minimum Gasteiger partial charge on any atom is -0.379 e. The molecule has 1 unspecified atom stereocenters. The molecule has 1 aliphatic rings. The van der Waals surface area contributed by atoms with Crippen molar-refractivity contribution < 1.29 is 9.53 Å². The van der Waals surface area contributed by atoms with E-state index in [1.165, 1.54) is 5.56 Å². The lowest BCUT2D eigenvalue weighted by Crippen LogP contribution is -2.49. The molecule has 27 heavy (non-hydrogen) atoms. The van der Waals surface area contributed by atoms with E-state index in [-0.39, 0.29) is 5.91 Å². The Morgan fingerprint density at radius 3 is 2.56 bits per heavy atom. The van der Waals surface area contributed by atoms with Crippen LogP contribution in [0.5, 0.6) is 0 Å². The van der Waals surface area contributed by atoms with Gasteiger partial charge in [0.25, 0.3) is 5.91 Å². The lowest BCUT2D eigenvalue weighted by Gasteiger charge is -2.35. The number of hydrogen-bond donors (Lipinski definition) is 1. The summed E-state index contributed by atoms with van der Waals surface area (Å²) in [6, 6.07) is 14.4. The molecule has 1 N–H and O–H groups in total. The molecule has 146 valence electrons. The monoisotopic (exact) mass is 369 g/mol. The minimum absolute atomic E-state index is 0.00190. The standard InChI is InChI=1S/C22H31N3O2/c1-18(2)15-20(24-11-13-27-14-12-24)16-23-22(26)21-9-6-10-25(21)17-19-7-4-3-5-8-19/h3-10,18,20H,11-17H2,1-2H3,(H,23,26). The molecule has 0 aliphatic carbocycles. The molecule has 2 heterocycles. The first-order chi connectivity index (χ1) is 13.1. The number of carbonyl (C=O) groups excluding carboxylic acids is 1. The first-order valence-corrected chi connectivity index (χ1v) is 9.92. The van der Waals surface area contributed by atoms with Crippen LogP contribution in [0.4, 0.5) is 0 Å². The molecular weight excluding hydrogens is 338 g/mol. The maximum atomic E-state index is 12.8. The van der Waals surface area contributed by atoms with Crippen LogP contribution in [-0.4, -0.2) is 54.3 Å². The first kappa shape index (κ1) is 19.6. The Morgan fingerprint density at radius 2 is 1.85 bits per heavy atom. The van der Waals surface area contributed by atoms with Crippen LogP contribution in [0.25, 0.3) is 0 Å². The topological polar surface area (TPSA) is 46.5 Å². The summed E-state index contributed by atoms with van der Waals surface area (Å²) in [6.45, 7) is 9.30. The van der Waals surface area contributed by atoms with Crippen molar-refractivity contribution in [3.63, 3.8) is 0 Å². The molecule has 1 aromatic carbocycles. The molecule has 0 spiro atoms. The quantitative estimate of drug-likeness (QED) is 0.778. The normalized spacial score (nSPS) is 16.4. The highest BCUT2D eigenvalue weighted by Gasteiger charge is 2.23. The van der Waals surface area contributed by atoms with Gasteiger partial charge in [0.1, 0.15) is 5.69 Å². The van der Waals surface area contributed by atoms with Crippen LogP contribution in [0.1, 0.15) is 36.3 Å². The smallest absolute Gasteiger partial charge is 0.267 e. The number of hydrogen-bond acceptors (Lipinski definition) is 3.